The number of nitrogens with zero attached hydrogens (tertiary/aromatic N) is 5. The summed E-state index contributed by atoms with van der Waals surface area (Å²) < 4.78 is 0. The van der Waals surface area contributed by atoms with Crippen molar-refractivity contribution in [3.8, 4) is 12.1 Å². The first-order valence-corrected chi connectivity index (χ1v) is 8.36. The molecule has 0 aliphatic carbocycles. The van der Waals surface area contributed by atoms with Crippen LogP contribution in [0.1, 0.15) is 23.2 Å². The van der Waals surface area contributed by atoms with Gasteiger partial charge in [0.25, 0.3) is 5.91 Å². The Morgan fingerprint density at radius 2 is 1.78 bits per heavy atom. The molecule has 0 radical (unpaired) electrons. The molecule has 0 bridgehead atoms. The van der Waals surface area contributed by atoms with E-state index in [1.807, 2.05) is 12.1 Å². The van der Waals surface area contributed by atoms with Gasteiger partial charge in [0.05, 0.1) is 25.0 Å². The molecule has 0 fully saturated rings. The molecule has 1 heterocycles. The predicted molar refractivity (Wildman–Crippen MR) is 102 cm³/mol. The van der Waals surface area contributed by atoms with Crippen molar-refractivity contribution in [2.24, 2.45) is 0 Å². The summed E-state index contributed by atoms with van der Waals surface area (Å²) in [4.78, 5) is 22.1. The fourth-order valence-corrected chi connectivity index (χ4v) is 2.35. The van der Waals surface area contributed by atoms with Crippen LogP contribution in [-0.4, -0.2) is 29.0 Å². The molecule has 10 heteroatoms. The third-order valence-corrected chi connectivity index (χ3v) is 3.80. The molecule has 1 amide bonds. The molecule has 0 aliphatic heterocycles. The minimum Gasteiger partial charge on any atom is -0.393 e. The number of carbonyl (C=O) groups excluding carboxylic acids is 1. The van der Waals surface area contributed by atoms with Crippen molar-refractivity contribution in [1.29, 1.82) is 10.5 Å². The molecule has 4 N–H and O–H groups in total. The van der Waals surface area contributed by atoms with Gasteiger partial charge in [-0.15, -0.1) is 0 Å². The van der Waals surface area contributed by atoms with Crippen LogP contribution in [0.3, 0.4) is 0 Å². The van der Waals surface area contributed by atoms with Gasteiger partial charge in [0.2, 0.25) is 0 Å². The topological polar surface area (TPSA) is 144 Å². The van der Waals surface area contributed by atoms with E-state index < -0.39 is 5.91 Å². The standard InChI is InChI=1S/C17H17ClN8O/c18-13-5-3-12(4-6-13)17(27)25-24-15-14(21)16(23-11-22-15)26(9-1-7-19)10-2-8-20/h3-6,11H,1-2,9-10,21H2,(H,25,27)(H,22,23,24). The molecule has 0 saturated heterocycles. The highest BCUT2D eigenvalue weighted by molar-refractivity contribution is 6.30. The van der Waals surface area contributed by atoms with Crippen LogP contribution in [0.2, 0.25) is 5.02 Å². The number of aromatic nitrogens is 2. The Kier molecular flexibility index (Phi) is 7.17. The first-order valence-electron chi connectivity index (χ1n) is 7.98. The average Bonchev–Trinajstić information content (AvgIpc) is 2.68. The number of nitrogens with two attached hydrogens (primary N) is 1. The summed E-state index contributed by atoms with van der Waals surface area (Å²) in [5.74, 6) is 0.206. The van der Waals surface area contributed by atoms with E-state index in [0.29, 0.717) is 29.5 Å². The second kappa shape index (κ2) is 9.80. The minimum absolute atomic E-state index is 0.199. The van der Waals surface area contributed by atoms with Gasteiger partial charge in [-0.2, -0.15) is 10.5 Å². The van der Waals surface area contributed by atoms with Gasteiger partial charge in [0.15, 0.2) is 11.6 Å². The van der Waals surface area contributed by atoms with Crippen LogP contribution in [0, 0.1) is 22.7 Å². The number of amides is 1. The number of carbonyl (C=O) groups is 1. The highest BCUT2D eigenvalue weighted by Crippen LogP contribution is 2.26. The van der Waals surface area contributed by atoms with Gasteiger partial charge in [-0.3, -0.25) is 15.6 Å². The number of hydrazine groups is 1. The summed E-state index contributed by atoms with van der Waals surface area (Å²) in [5, 5.41) is 18.1. The van der Waals surface area contributed by atoms with Gasteiger partial charge in [0.1, 0.15) is 12.0 Å². The predicted octanol–water partition coefficient (Wildman–Crippen LogP) is 2.10. The van der Waals surface area contributed by atoms with Crippen LogP contribution in [0.4, 0.5) is 17.3 Å². The normalized spacial score (nSPS) is 9.74. The van der Waals surface area contributed by atoms with Crippen LogP contribution >= 0.6 is 11.6 Å². The second-order valence-electron chi connectivity index (χ2n) is 5.35. The Hall–Kier alpha value is -3.56. The summed E-state index contributed by atoms with van der Waals surface area (Å²) >= 11 is 5.80. The zero-order valence-corrected chi connectivity index (χ0v) is 15.1. The van der Waals surface area contributed by atoms with E-state index in [-0.39, 0.29) is 24.3 Å². The highest BCUT2D eigenvalue weighted by Gasteiger charge is 2.15. The van der Waals surface area contributed by atoms with Crippen LogP contribution in [0.15, 0.2) is 30.6 Å². The summed E-state index contributed by atoms with van der Waals surface area (Å²) in [5.41, 5.74) is 11.9. The van der Waals surface area contributed by atoms with E-state index >= 15 is 0 Å². The zero-order valence-electron chi connectivity index (χ0n) is 14.3. The zero-order chi connectivity index (χ0) is 19.6. The third kappa shape index (κ3) is 5.46. The molecule has 0 atom stereocenters. The monoisotopic (exact) mass is 384 g/mol. The Bertz CT molecular complexity index is 854. The Morgan fingerprint density at radius 3 is 2.37 bits per heavy atom. The van der Waals surface area contributed by atoms with Gasteiger partial charge in [-0.05, 0) is 24.3 Å². The molecule has 138 valence electrons. The largest absolute Gasteiger partial charge is 0.393 e. The molecule has 1 aromatic carbocycles. The molecule has 0 aliphatic rings. The minimum atomic E-state index is -0.392. The average molecular weight is 385 g/mol. The Balaban J connectivity index is 2.12. The van der Waals surface area contributed by atoms with Gasteiger partial charge in [0, 0.05) is 23.7 Å². The fourth-order valence-electron chi connectivity index (χ4n) is 2.22. The first kappa shape index (κ1) is 19.8. The maximum atomic E-state index is 12.2. The van der Waals surface area contributed by atoms with E-state index in [9.17, 15) is 4.79 Å². The van der Waals surface area contributed by atoms with Crippen molar-refractivity contribution in [3.63, 3.8) is 0 Å². The number of nitrogen functional groups attached to an aromatic ring is 1. The highest BCUT2D eigenvalue weighted by atomic mass is 35.5. The number of hydrogen-bond donors (Lipinski definition) is 3. The van der Waals surface area contributed by atoms with E-state index in [1.165, 1.54) is 6.33 Å². The summed E-state index contributed by atoms with van der Waals surface area (Å²) in [7, 11) is 0. The summed E-state index contributed by atoms with van der Waals surface area (Å²) in [6.07, 6.45) is 1.80. The van der Waals surface area contributed by atoms with Crippen molar-refractivity contribution in [3.05, 3.63) is 41.2 Å². The third-order valence-electron chi connectivity index (χ3n) is 3.55. The van der Waals surface area contributed by atoms with Crippen LogP contribution < -0.4 is 21.5 Å². The summed E-state index contributed by atoms with van der Waals surface area (Å²) in [6, 6.07) is 10.5. The summed E-state index contributed by atoms with van der Waals surface area (Å²) in [6.45, 7) is 0.742. The molecule has 0 unspecified atom stereocenters. The van der Waals surface area contributed by atoms with Crippen LogP contribution in [0.5, 0.6) is 0 Å². The van der Waals surface area contributed by atoms with Crippen molar-refractivity contribution in [1.82, 2.24) is 15.4 Å². The maximum absolute atomic E-state index is 12.2. The van der Waals surface area contributed by atoms with E-state index in [2.05, 4.69) is 20.8 Å². The van der Waals surface area contributed by atoms with Crippen molar-refractivity contribution < 1.29 is 4.79 Å². The van der Waals surface area contributed by atoms with E-state index in [0.717, 1.165) is 0 Å². The number of rotatable bonds is 8. The van der Waals surface area contributed by atoms with Crippen molar-refractivity contribution in [2.75, 3.05) is 29.1 Å². The van der Waals surface area contributed by atoms with Crippen LogP contribution in [-0.2, 0) is 0 Å². The van der Waals surface area contributed by atoms with Gasteiger partial charge in [-0.25, -0.2) is 9.97 Å². The molecule has 27 heavy (non-hydrogen) atoms. The number of hydrogen-bond acceptors (Lipinski definition) is 8. The molecule has 0 saturated carbocycles. The Morgan fingerprint density at radius 1 is 1.15 bits per heavy atom. The lowest BCUT2D eigenvalue weighted by atomic mass is 10.2. The molecule has 2 aromatic rings. The molecule has 1 aromatic heterocycles. The molecule has 0 spiro atoms. The SMILES string of the molecule is N#CCCN(CCC#N)c1ncnc(NNC(=O)c2ccc(Cl)cc2)c1N. The maximum Gasteiger partial charge on any atom is 0.269 e. The number of halogens is 1. The molecular weight excluding hydrogens is 368 g/mol. The number of nitrogens with one attached hydrogen (secondary N) is 2. The second-order valence-corrected chi connectivity index (χ2v) is 5.79. The van der Waals surface area contributed by atoms with Crippen LogP contribution in [0.25, 0.3) is 0 Å². The van der Waals surface area contributed by atoms with Crippen molar-refractivity contribution >= 4 is 34.8 Å². The lowest BCUT2D eigenvalue weighted by Gasteiger charge is -2.23. The lowest BCUT2D eigenvalue weighted by Crippen LogP contribution is -2.31. The number of nitriles is 2. The lowest BCUT2D eigenvalue weighted by molar-refractivity contribution is 0.0962. The van der Waals surface area contributed by atoms with E-state index in [1.54, 1.807) is 29.2 Å². The van der Waals surface area contributed by atoms with Gasteiger partial charge < -0.3 is 10.6 Å². The number of anilines is 3. The molecule has 9 nitrogen and oxygen atoms in total. The van der Waals surface area contributed by atoms with Crippen molar-refractivity contribution in [2.45, 2.75) is 12.8 Å². The van der Waals surface area contributed by atoms with Gasteiger partial charge >= 0.3 is 0 Å². The molecule has 2 rings (SSSR count). The number of benzene rings is 1. The fraction of sp³-hybridized carbons (Fsp3) is 0.235. The van der Waals surface area contributed by atoms with E-state index in [4.69, 9.17) is 27.9 Å². The smallest absolute Gasteiger partial charge is 0.269 e. The quantitative estimate of drug-likeness (QED) is 0.587. The first-order chi connectivity index (χ1) is 13.1. The molecular formula is C17H17ClN8O. The Labute approximate surface area is 161 Å². The van der Waals surface area contributed by atoms with Gasteiger partial charge in [-0.1, -0.05) is 11.6 Å².